The first-order valence-electron chi connectivity index (χ1n) is 39.3. The van der Waals surface area contributed by atoms with E-state index in [1.807, 2.05) is 0 Å². The van der Waals surface area contributed by atoms with Crippen molar-refractivity contribution in [3.05, 3.63) is 211 Å². The van der Waals surface area contributed by atoms with Crippen molar-refractivity contribution in [2.45, 2.75) is 268 Å². The van der Waals surface area contributed by atoms with E-state index in [0.29, 0.717) is 0 Å². The average Bonchev–Trinajstić information content (AvgIpc) is 0.632. The Morgan fingerprint density at radius 2 is 0.373 bits per heavy atom. The first-order chi connectivity index (χ1) is 46.9. The number of fused-ring (bicyclic) bond motifs is 18. The fourth-order valence-electron chi connectivity index (χ4n) is 27.8. The van der Waals surface area contributed by atoms with Crippen LogP contribution in [0.3, 0.4) is 0 Å². The second kappa shape index (κ2) is 20.2. The topological polar surface area (TPSA) is 0 Å². The molecule has 2 fully saturated rings. The highest BCUT2D eigenvalue weighted by atomic mass is 14.8. The van der Waals surface area contributed by atoms with E-state index in [-0.39, 0.29) is 86.6 Å². The Morgan fingerprint density at radius 1 is 0.167 bits per heavy atom. The van der Waals surface area contributed by atoms with Gasteiger partial charge in [0, 0.05) is 32.5 Å². The molecule has 0 heterocycles. The van der Waals surface area contributed by atoms with E-state index in [9.17, 15) is 0 Å². The molecule has 0 aromatic heterocycles. The lowest BCUT2D eigenvalue weighted by Crippen LogP contribution is -2.79. The fourth-order valence-corrected chi connectivity index (χ4v) is 27.8. The Bertz CT molecular complexity index is 5580. The van der Waals surface area contributed by atoms with E-state index in [2.05, 4.69) is 369 Å². The van der Waals surface area contributed by atoms with Crippen LogP contribution < -0.4 is 0 Å². The highest BCUT2D eigenvalue weighted by Gasteiger charge is 2.82. The third-order valence-corrected chi connectivity index (χ3v) is 38.5. The largest absolute Gasteiger partial charge is 0.0626 e. The molecule has 0 aliphatic heterocycles. The van der Waals surface area contributed by atoms with Crippen LogP contribution in [0.1, 0.15) is 261 Å². The van der Waals surface area contributed by atoms with Crippen molar-refractivity contribution in [1.29, 1.82) is 0 Å². The summed E-state index contributed by atoms with van der Waals surface area (Å²) >= 11 is 0. The molecule has 2 saturated carbocycles. The molecule has 0 spiro atoms. The van der Waals surface area contributed by atoms with Crippen molar-refractivity contribution in [2.75, 3.05) is 0 Å². The summed E-state index contributed by atoms with van der Waals surface area (Å²) in [5.41, 5.74) is 23.4. The summed E-state index contributed by atoms with van der Waals surface area (Å²) in [7, 11) is 0. The molecule has 0 saturated heterocycles. The van der Waals surface area contributed by atoms with Gasteiger partial charge >= 0.3 is 0 Å². The minimum Gasteiger partial charge on any atom is -0.0626 e. The monoisotopic (exact) mass is 1350 g/mol. The van der Waals surface area contributed by atoms with Crippen LogP contribution in [-0.4, -0.2) is 0 Å². The van der Waals surface area contributed by atoms with Gasteiger partial charge < -0.3 is 0 Å². The zero-order valence-corrected chi connectivity index (χ0v) is 69.7. The maximum atomic E-state index is 2.62. The van der Waals surface area contributed by atoms with Crippen LogP contribution in [0.15, 0.2) is 145 Å². The van der Waals surface area contributed by atoms with Gasteiger partial charge in [0.25, 0.3) is 0 Å². The smallest absolute Gasteiger partial charge is 0.0196 e. The summed E-state index contributed by atoms with van der Waals surface area (Å²) in [6.45, 7) is 86.0. The molecule has 11 aromatic rings. The van der Waals surface area contributed by atoms with E-state index in [0.717, 1.165) is 0 Å². The SMILES string of the molecule is CC1=C(C)C2(C)c3c(c(C)c4ccc5c6ccccc6ccc5c4c3C)C1(C)C(C)(C)C2(C)C.Cc1c2c(c(C)c3c1ccc1c4ccccc4ccc13)C1(C)C(C)(C)C(C)(C)C2(C)C(C)(C)C1(C)C.Cc1c2c(c(C)c3c1ccc1ccccc13)C1(C)C(C)(C)C(C)(C)C2(C)C(C)(C)C1(C)C. The number of aryl methyl sites for hydroxylation is 6. The summed E-state index contributed by atoms with van der Waals surface area (Å²) < 4.78 is 0. The zero-order chi connectivity index (χ0) is 74.9. The van der Waals surface area contributed by atoms with Crippen molar-refractivity contribution in [3.8, 4) is 0 Å². The molecule has 0 N–H and O–H groups in total. The standard InChI is InChI=1S/C36H44.C34H38.C32H42/c1-21-24-19-20-26-25-16-14-13-15-23(25)17-18-27(26)28(24)22(2)30-29(21)35(11)31(3,4)33(7,8)36(30,12)34(9,10)32(35,5)6;1-19-24-17-18-26-25-14-12-11-13-23(25)15-16-27(26)28(24)20(2)30-29(19)33(9)21(3)22(4)34(30,10)32(7,8)31(33,5)6;1-19-22-18-17-21-15-13-14-16-23(21)24(22)20(2)26-25(19)31(11)27(3,4)29(7,8)32(26,12)30(9,10)28(31,5)6/h13-20H,1-12H3;11-18H,1-10H3;13-18H,1-12H3. The van der Waals surface area contributed by atoms with Crippen LogP contribution in [0.2, 0.25) is 0 Å². The zero-order valence-electron chi connectivity index (χ0n) is 69.7. The number of benzene rings is 11. The molecule has 0 amide bonds. The van der Waals surface area contributed by atoms with Gasteiger partial charge in [0.1, 0.15) is 0 Å². The van der Waals surface area contributed by atoms with Crippen molar-refractivity contribution in [3.63, 3.8) is 0 Å². The Morgan fingerprint density at radius 3 is 0.686 bits per heavy atom. The first-order valence-corrected chi connectivity index (χ1v) is 39.3. The lowest BCUT2D eigenvalue weighted by atomic mass is 9.21. The fraction of sp³-hybridized carbons (Fsp3) is 0.490. The normalized spacial score (nSPS) is 29.1. The lowest BCUT2D eigenvalue weighted by molar-refractivity contribution is -0.247. The molecule has 20 rings (SSSR count). The average molecular weight is 1350 g/mol. The third-order valence-electron chi connectivity index (χ3n) is 38.5. The maximum Gasteiger partial charge on any atom is 0.0196 e. The van der Waals surface area contributed by atoms with Crippen LogP contribution >= 0.6 is 0 Å². The Kier molecular flexibility index (Phi) is 14.1. The number of rotatable bonds is 0. The second-order valence-corrected chi connectivity index (χ2v) is 40.7. The Balaban J connectivity index is 0.000000124. The lowest BCUT2D eigenvalue weighted by Gasteiger charge is -2.82. The molecule has 532 valence electrons. The number of allylic oxidation sites excluding steroid dienone is 2. The summed E-state index contributed by atoms with van der Waals surface area (Å²) in [5, 5.41) is 22.3. The van der Waals surface area contributed by atoms with E-state index < -0.39 is 0 Å². The highest BCUT2D eigenvalue weighted by Crippen LogP contribution is 2.86. The van der Waals surface area contributed by atoms with Crippen LogP contribution in [0, 0.1) is 95.7 Å². The molecule has 0 radical (unpaired) electrons. The predicted octanol–water partition coefficient (Wildman–Crippen LogP) is 29.4. The summed E-state index contributed by atoms with van der Waals surface area (Å²) in [6, 6.07) is 50.3. The molecule has 102 heavy (non-hydrogen) atoms. The van der Waals surface area contributed by atoms with Crippen molar-refractivity contribution < 1.29 is 0 Å². The van der Waals surface area contributed by atoms with Crippen LogP contribution in [0.5, 0.6) is 0 Å². The van der Waals surface area contributed by atoms with Gasteiger partial charge in [-0.2, -0.15) is 0 Å². The summed E-state index contributed by atoms with van der Waals surface area (Å²) in [6.07, 6.45) is 0. The number of hydrogen-bond acceptors (Lipinski definition) is 0. The maximum absolute atomic E-state index is 2.62. The summed E-state index contributed by atoms with van der Waals surface area (Å²) in [4.78, 5) is 0. The van der Waals surface area contributed by atoms with E-state index >= 15 is 0 Å². The van der Waals surface area contributed by atoms with Gasteiger partial charge in [-0.3, -0.25) is 0 Å². The molecule has 2 atom stereocenters. The molecule has 11 aromatic carbocycles. The molecule has 9 aliphatic rings. The molecular formula is C102H124. The predicted molar refractivity (Wildman–Crippen MR) is 448 cm³/mol. The Labute approximate surface area is 615 Å². The minimum absolute atomic E-state index is 0.00424. The van der Waals surface area contributed by atoms with Gasteiger partial charge in [0.2, 0.25) is 0 Å². The summed E-state index contributed by atoms with van der Waals surface area (Å²) in [5.74, 6) is 0. The molecular weight excluding hydrogens is 1230 g/mol. The minimum atomic E-state index is -0.00424. The number of hydrogen-bond donors (Lipinski definition) is 0. The van der Waals surface area contributed by atoms with Crippen molar-refractivity contribution in [1.82, 2.24) is 0 Å². The molecule has 9 aliphatic carbocycles. The quantitative estimate of drug-likeness (QED) is 0.105. The van der Waals surface area contributed by atoms with E-state index in [1.165, 1.54) is 120 Å². The van der Waals surface area contributed by atoms with Crippen LogP contribution in [-0.2, 0) is 32.5 Å². The van der Waals surface area contributed by atoms with E-state index in [1.54, 1.807) is 44.5 Å². The van der Waals surface area contributed by atoms with Gasteiger partial charge in [-0.1, -0.05) is 325 Å². The Hall–Kier alpha value is -6.76. The van der Waals surface area contributed by atoms with Gasteiger partial charge in [0.05, 0.1) is 0 Å². The molecule has 0 nitrogen and oxygen atoms in total. The van der Waals surface area contributed by atoms with Gasteiger partial charge in [-0.15, -0.1) is 0 Å². The second-order valence-electron chi connectivity index (χ2n) is 40.7. The molecule has 6 bridgehead atoms. The third kappa shape index (κ3) is 6.93. The van der Waals surface area contributed by atoms with Crippen molar-refractivity contribution >= 4 is 86.2 Å². The van der Waals surface area contributed by atoms with Gasteiger partial charge in [-0.25, -0.2) is 0 Å². The van der Waals surface area contributed by atoms with Crippen LogP contribution in [0.4, 0.5) is 0 Å². The highest BCUT2D eigenvalue weighted by molar-refractivity contribution is 6.21. The molecule has 2 unspecified atom stereocenters. The van der Waals surface area contributed by atoms with E-state index in [4.69, 9.17) is 0 Å². The van der Waals surface area contributed by atoms with Crippen LogP contribution in [0.25, 0.3) is 86.2 Å². The first kappa shape index (κ1) is 70.9. The van der Waals surface area contributed by atoms with Gasteiger partial charge in [-0.05, 0) is 262 Å². The van der Waals surface area contributed by atoms with Crippen molar-refractivity contribution in [2.24, 2.45) is 54.1 Å². The molecule has 0 heteroatoms. The van der Waals surface area contributed by atoms with Gasteiger partial charge in [0.15, 0.2) is 0 Å².